The van der Waals surface area contributed by atoms with Crippen LogP contribution in [0.3, 0.4) is 0 Å². The summed E-state index contributed by atoms with van der Waals surface area (Å²) in [5.74, 6) is 0. The fourth-order valence-electron chi connectivity index (χ4n) is 1.32. The molecule has 5 heteroatoms. The highest BCUT2D eigenvalue weighted by Crippen LogP contribution is 2.19. The summed E-state index contributed by atoms with van der Waals surface area (Å²) in [6.07, 6.45) is 2.71. The van der Waals surface area contributed by atoms with Gasteiger partial charge in [0.15, 0.2) is 0 Å². The van der Waals surface area contributed by atoms with E-state index in [4.69, 9.17) is 11.6 Å². The van der Waals surface area contributed by atoms with Crippen LogP contribution in [0, 0.1) is 0 Å². The van der Waals surface area contributed by atoms with Crippen molar-refractivity contribution in [3.05, 3.63) is 33.5 Å². The number of hydrogen-bond donors (Lipinski definition) is 0. The molecule has 2 rings (SSSR count). The van der Waals surface area contributed by atoms with Gasteiger partial charge in [0, 0.05) is 4.88 Å². The lowest BCUT2D eigenvalue weighted by Crippen LogP contribution is -1.98. The zero-order chi connectivity index (χ0) is 9.97. The van der Waals surface area contributed by atoms with Gasteiger partial charge in [0.2, 0.25) is 5.28 Å². The molecule has 14 heavy (non-hydrogen) atoms. The fraction of sp³-hybridized carbons (Fsp3) is 0.333. The first-order chi connectivity index (χ1) is 6.81. The summed E-state index contributed by atoms with van der Waals surface area (Å²) in [4.78, 5) is 1.33. The van der Waals surface area contributed by atoms with Crippen LogP contribution in [0.4, 0.5) is 0 Å². The summed E-state index contributed by atoms with van der Waals surface area (Å²) < 4.78 is 1.84. The smallest absolute Gasteiger partial charge is 0.225 e. The Kier molecular flexibility index (Phi) is 2.84. The van der Waals surface area contributed by atoms with Crippen LogP contribution in [0.2, 0.25) is 5.28 Å². The average Bonchev–Trinajstić information content (AvgIpc) is 2.77. The standard InChI is InChI=1S/C9H10ClN3S/c1-2-7-3-4-14-8(7)5-13-6-11-12-9(13)10/h3-4,6H,2,5H2,1H3. The summed E-state index contributed by atoms with van der Waals surface area (Å²) in [7, 11) is 0. The molecule has 0 fully saturated rings. The SMILES string of the molecule is CCc1ccsc1Cn1cnnc1Cl. The minimum Gasteiger partial charge on any atom is -0.299 e. The van der Waals surface area contributed by atoms with Gasteiger partial charge in [-0.1, -0.05) is 6.92 Å². The van der Waals surface area contributed by atoms with E-state index in [1.165, 1.54) is 10.4 Å². The molecule has 2 heterocycles. The molecule has 2 aromatic rings. The highest BCUT2D eigenvalue weighted by molar-refractivity contribution is 7.10. The fourth-order valence-corrected chi connectivity index (χ4v) is 2.44. The van der Waals surface area contributed by atoms with E-state index in [-0.39, 0.29) is 0 Å². The van der Waals surface area contributed by atoms with Crippen molar-refractivity contribution in [2.75, 3.05) is 0 Å². The Bertz CT molecular complexity index is 421. The maximum atomic E-state index is 5.85. The summed E-state index contributed by atoms with van der Waals surface area (Å²) in [6, 6.07) is 2.15. The topological polar surface area (TPSA) is 30.7 Å². The number of hydrogen-bond acceptors (Lipinski definition) is 3. The Morgan fingerprint density at radius 3 is 3.07 bits per heavy atom. The van der Waals surface area contributed by atoms with E-state index in [1.807, 2.05) is 4.57 Å². The molecule has 0 aliphatic rings. The van der Waals surface area contributed by atoms with Crippen molar-refractivity contribution in [1.82, 2.24) is 14.8 Å². The molecule has 0 aliphatic carbocycles. The van der Waals surface area contributed by atoms with Crippen molar-refractivity contribution in [1.29, 1.82) is 0 Å². The van der Waals surface area contributed by atoms with Crippen molar-refractivity contribution < 1.29 is 0 Å². The second-order valence-corrected chi connectivity index (χ2v) is 4.29. The largest absolute Gasteiger partial charge is 0.299 e. The molecule has 0 N–H and O–H groups in total. The van der Waals surface area contributed by atoms with Crippen LogP contribution in [0.1, 0.15) is 17.4 Å². The van der Waals surface area contributed by atoms with Gasteiger partial charge in [-0.15, -0.1) is 21.5 Å². The number of halogens is 1. The molecule has 0 aromatic carbocycles. The highest BCUT2D eigenvalue weighted by atomic mass is 35.5. The molecule has 0 unspecified atom stereocenters. The monoisotopic (exact) mass is 227 g/mol. The molecule has 0 spiro atoms. The summed E-state index contributed by atoms with van der Waals surface area (Å²) in [6.45, 7) is 2.92. The van der Waals surface area contributed by atoms with Crippen LogP contribution >= 0.6 is 22.9 Å². The zero-order valence-corrected chi connectivity index (χ0v) is 9.35. The predicted molar refractivity (Wildman–Crippen MR) is 57.8 cm³/mol. The van der Waals surface area contributed by atoms with Crippen molar-refractivity contribution >= 4 is 22.9 Å². The van der Waals surface area contributed by atoms with Gasteiger partial charge in [-0.05, 0) is 35.0 Å². The van der Waals surface area contributed by atoms with Crippen LogP contribution in [-0.4, -0.2) is 14.8 Å². The second-order valence-electron chi connectivity index (χ2n) is 2.95. The van der Waals surface area contributed by atoms with Gasteiger partial charge in [0.1, 0.15) is 6.33 Å². The molecule has 0 amide bonds. The summed E-state index contributed by atoms with van der Waals surface area (Å²) >= 11 is 7.59. The number of aromatic nitrogens is 3. The lowest BCUT2D eigenvalue weighted by atomic mass is 10.2. The van der Waals surface area contributed by atoms with Gasteiger partial charge in [-0.25, -0.2) is 0 Å². The Morgan fingerprint density at radius 2 is 2.43 bits per heavy atom. The molecule has 0 saturated carbocycles. The first-order valence-electron chi connectivity index (χ1n) is 4.39. The Morgan fingerprint density at radius 1 is 1.57 bits per heavy atom. The van der Waals surface area contributed by atoms with E-state index < -0.39 is 0 Å². The van der Waals surface area contributed by atoms with E-state index in [2.05, 4.69) is 28.6 Å². The first kappa shape index (κ1) is 9.68. The van der Waals surface area contributed by atoms with E-state index in [0.717, 1.165) is 13.0 Å². The van der Waals surface area contributed by atoms with Crippen LogP contribution < -0.4 is 0 Å². The highest BCUT2D eigenvalue weighted by Gasteiger charge is 2.06. The molecular formula is C9H10ClN3S. The van der Waals surface area contributed by atoms with E-state index in [0.29, 0.717) is 5.28 Å². The maximum absolute atomic E-state index is 5.85. The van der Waals surface area contributed by atoms with Gasteiger partial charge >= 0.3 is 0 Å². The third-order valence-electron chi connectivity index (χ3n) is 2.10. The molecule has 0 saturated heterocycles. The minimum atomic E-state index is 0.445. The van der Waals surface area contributed by atoms with Gasteiger partial charge in [-0.2, -0.15) is 0 Å². The number of rotatable bonds is 3. The molecule has 0 atom stereocenters. The molecule has 74 valence electrons. The quantitative estimate of drug-likeness (QED) is 0.807. The van der Waals surface area contributed by atoms with Crippen LogP contribution in [-0.2, 0) is 13.0 Å². The summed E-state index contributed by atoms with van der Waals surface area (Å²) in [5, 5.41) is 10.0. The molecule has 0 radical (unpaired) electrons. The minimum absolute atomic E-state index is 0.445. The van der Waals surface area contributed by atoms with Crippen LogP contribution in [0.25, 0.3) is 0 Å². The third kappa shape index (κ3) is 1.81. The van der Waals surface area contributed by atoms with Crippen LogP contribution in [0.5, 0.6) is 0 Å². The van der Waals surface area contributed by atoms with E-state index in [1.54, 1.807) is 17.7 Å². The molecule has 3 nitrogen and oxygen atoms in total. The number of thiophene rings is 1. The second kappa shape index (κ2) is 4.11. The van der Waals surface area contributed by atoms with Crippen molar-refractivity contribution in [2.24, 2.45) is 0 Å². The van der Waals surface area contributed by atoms with Gasteiger partial charge < -0.3 is 0 Å². The van der Waals surface area contributed by atoms with Gasteiger partial charge in [0.25, 0.3) is 0 Å². The van der Waals surface area contributed by atoms with Crippen molar-refractivity contribution in [2.45, 2.75) is 19.9 Å². The normalized spacial score (nSPS) is 10.7. The van der Waals surface area contributed by atoms with Gasteiger partial charge in [0.05, 0.1) is 6.54 Å². The Balaban J connectivity index is 2.22. The Hall–Kier alpha value is -0.870. The maximum Gasteiger partial charge on any atom is 0.225 e. The number of nitrogens with zero attached hydrogens (tertiary/aromatic N) is 3. The third-order valence-corrected chi connectivity index (χ3v) is 3.34. The van der Waals surface area contributed by atoms with E-state index in [9.17, 15) is 0 Å². The van der Waals surface area contributed by atoms with Crippen molar-refractivity contribution in [3.63, 3.8) is 0 Å². The molecule has 0 aliphatic heterocycles. The molecule has 0 bridgehead atoms. The van der Waals surface area contributed by atoms with E-state index >= 15 is 0 Å². The zero-order valence-electron chi connectivity index (χ0n) is 7.77. The predicted octanol–water partition coefficient (Wildman–Crippen LogP) is 2.60. The lowest BCUT2D eigenvalue weighted by Gasteiger charge is -2.02. The summed E-state index contributed by atoms with van der Waals surface area (Å²) in [5.41, 5.74) is 1.37. The van der Waals surface area contributed by atoms with Crippen molar-refractivity contribution in [3.8, 4) is 0 Å². The lowest BCUT2D eigenvalue weighted by molar-refractivity contribution is 0.799. The van der Waals surface area contributed by atoms with Gasteiger partial charge in [-0.3, -0.25) is 4.57 Å². The molecule has 2 aromatic heterocycles. The number of aryl methyl sites for hydroxylation is 1. The molecular weight excluding hydrogens is 218 g/mol. The first-order valence-corrected chi connectivity index (χ1v) is 5.65. The van der Waals surface area contributed by atoms with Crippen LogP contribution in [0.15, 0.2) is 17.8 Å². The Labute approximate surface area is 91.4 Å². The average molecular weight is 228 g/mol.